The third-order valence-corrected chi connectivity index (χ3v) is 2.88. The van der Waals surface area contributed by atoms with E-state index in [2.05, 4.69) is 15.3 Å². The van der Waals surface area contributed by atoms with Crippen LogP contribution in [0.1, 0.15) is 31.1 Å². The second kappa shape index (κ2) is 6.89. The molecule has 0 saturated heterocycles. The van der Waals surface area contributed by atoms with Crippen LogP contribution in [0.3, 0.4) is 0 Å². The van der Waals surface area contributed by atoms with Gasteiger partial charge in [0.2, 0.25) is 0 Å². The zero-order valence-electron chi connectivity index (χ0n) is 13.0. The first-order valence-electron chi connectivity index (χ1n) is 7.19. The predicted octanol–water partition coefficient (Wildman–Crippen LogP) is 2.26. The maximum atomic E-state index is 11.8. The third kappa shape index (κ3) is 3.72. The molecule has 0 radical (unpaired) electrons. The minimum Gasteiger partial charge on any atom is -0.491 e. The standard InChI is InChI=1S/C16H20N4O2/c1-4-18-16(21)13-9-19-15(20-14(13)17)11-5-7-12(8-6-11)22-10(2)3/h5-10H,4H2,1-3H3,(H,18,21)(H2,17,19,20). The molecule has 2 aromatic rings. The largest absolute Gasteiger partial charge is 0.491 e. The van der Waals surface area contributed by atoms with Gasteiger partial charge in [-0.2, -0.15) is 0 Å². The van der Waals surface area contributed by atoms with Gasteiger partial charge in [-0.25, -0.2) is 9.97 Å². The number of hydrogen-bond acceptors (Lipinski definition) is 5. The van der Waals surface area contributed by atoms with Crippen molar-refractivity contribution in [1.29, 1.82) is 0 Å². The van der Waals surface area contributed by atoms with Crippen LogP contribution in [0.5, 0.6) is 5.75 Å². The number of nitrogens with two attached hydrogens (primary N) is 1. The maximum absolute atomic E-state index is 11.8. The monoisotopic (exact) mass is 300 g/mol. The van der Waals surface area contributed by atoms with Crippen LogP contribution in [0.25, 0.3) is 11.4 Å². The van der Waals surface area contributed by atoms with E-state index < -0.39 is 0 Å². The second-order valence-corrected chi connectivity index (χ2v) is 5.04. The number of hydrogen-bond donors (Lipinski definition) is 2. The highest BCUT2D eigenvalue weighted by atomic mass is 16.5. The number of nitrogens with one attached hydrogen (secondary N) is 1. The van der Waals surface area contributed by atoms with Crippen LogP contribution in [0.15, 0.2) is 30.5 Å². The SMILES string of the molecule is CCNC(=O)c1cnc(-c2ccc(OC(C)C)cc2)nc1N. The maximum Gasteiger partial charge on any atom is 0.256 e. The smallest absolute Gasteiger partial charge is 0.256 e. The van der Waals surface area contributed by atoms with Gasteiger partial charge in [0.25, 0.3) is 5.91 Å². The van der Waals surface area contributed by atoms with Crippen LogP contribution in [0.2, 0.25) is 0 Å². The van der Waals surface area contributed by atoms with Gasteiger partial charge >= 0.3 is 0 Å². The Morgan fingerprint density at radius 2 is 2.00 bits per heavy atom. The van der Waals surface area contributed by atoms with Gasteiger partial charge in [0.05, 0.1) is 11.7 Å². The van der Waals surface area contributed by atoms with E-state index in [1.165, 1.54) is 6.20 Å². The molecule has 3 N–H and O–H groups in total. The van der Waals surface area contributed by atoms with Crippen LogP contribution >= 0.6 is 0 Å². The predicted molar refractivity (Wildman–Crippen MR) is 85.7 cm³/mol. The number of anilines is 1. The van der Waals surface area contributed by atoms with Gasteiger partial charge in [0.15, 0.2) is 5.82 Å². The number of ether oxygens (including phenoxy) is 1. The van der Waals surface area contributed by atoms with Gasteiger partial charge in [-0.15, -0.1) is 0 Å². The molecular formula is C16H20N4O2. The van der Waals surface area contributed by atoms with Gasteiger partial charge in [-0.1, -0.05) is 0 Å². The third-order valence-electron chi connectivity index (χ3n) is 2.88. The molecule has 116 valence electrons. The Labute approximate surface area is 129 Å². The summed E-state index contributed by atoms with van der Waals surface area (Å²) in [6.07, 6.45) is 1.57. The number of rotatable bonds is 5. The summed E-state index contributed by atoms with van der Waals surface area (Å²) in [4.78, 5) is 20.2. The highest BCUT2D eigenvalue weighted by Crippen LogP contribution is 2.21. The van der Waals surface area contributed by atoms with E-state index in [4.69, 9.17) is 10.5 Å². The van der Waals surface area contributed by atoms with Crippen LogP contribution in [-0.4, -0.2) is 28.5 Å². The number of carbonyl (C=O) groups excluding carboxylic acids is 1. The summed E-state index contributed by atoms with van der Waals surface area (Å²) in [5.74, 6) is 1.15. The van der Waals surface area contributed by atoms with Gasteiger partial charge in [0.1, 0.15) is 11.6 Å². The molecule has 0 fully saturated rings. The summed E-state index contributed by atoms with van der Waals surface area (Å²) < 4.78 is 5.59. The molecule has 6 nitrogen and oxygen atoms in total. The molecule has 6 heteroatoms. The van der Waals surface area contributed by atoms with E-state index in [9.17, 15) is 4.79 Å². The fourth-order valence-electron chi connectivity index (χ4n) is 1.92. The Balaban J connectivity index is 2.22. The van der Waals surface area contributed by atoms with Crippen LogP contribution in [-0.2, 0) is 0 Å². The van der Waals surface area contributed by atoms with Crippen molar-refractivity contribution in [2.45, 2.75) is 26.9 Å². The van der Waals surface area contributed by atoms with E-state index in [0.29, 0.717) is 12.4 Å². The first-order valence-corrected chi connectivity index (χ1v) is 7.19. The van der Waals surface area contributed by atoms with Crippen molar-refractivity contribution in [2.75, 3.05) is 12.3 Å². The minimum atomic E-state index is -0.271. The van der Waals surface area contributed by atoms with Crippen molar-refractivity contribution in [3.8, 4) is 17.1 Å². The van der Waals surface area contributed by atoms with E-state index in [1.54, 1.807) is 0 Å². The summed E-state index contributed by atoms with van der Waals surface area (Å²) in [5.41, 5.74) is 6.94. The molecule has 0 atom stereocenters. The van der Waals surface area contributed by atoms with Crippen molar-refractivity contribution < 1.29 is 9.53 Å². The van der Waals surface area contributed by atoms with E-state index in [1.807, 2.05) is 45.0 Å². The van der Waals surface area contributed by atoms with Crippen molar-refractivity contribution in [3.63, 3.8) is 0 Å². The van der Waals surface area contributed by atoms with Gasteiger partial charge < -0.3 is 15.8 Å². The number of benzene rings is 1. The number of nitrogen functional groups attached to an aromatic ring is 1. The Hall–Kier alpha value is -2.63. The molecule has 0 aliphatic heterocycles. The van der Waals surface area contributed by atoms with Crippen molar-refractivity contribution in [3.05, 3.63) is 36.0 Å². The van der Waals surface area contributed by atoms with Crippen LogP contribution < -0.4 is 15.8 Å². The zero-order valence-corrected chi connectivity index (χ0v) is 13.0. The number of nitrogens with zero attached hydrogens (tertiary/aromatic N) is 2. The quantitative estimate of drug-likeness (QED) is 0.884. The lowest BCUT2D eigenvalue weighted by molar-refractivity contribution is 0.0956. The molecule has 0 aliphatic carbocycles. The fourth-order valence-corrected chi connectivity index (χ4v) is 1.92. The van der Waals surface area contributed by atoms with Crippen molar-refractivity contribution >= 4 is 11.7 Å². The Kier molecular flexibility index (Phi) is 4.93. The van der Waals surface area contributed by atoms with Gasteiger partial charge in [-0.05, 0) is 45.0 Å². The van der Waals surface area contributed by atoms with E-state index >= 15 is 0 Å². The molecule has 22 heavy (non-hydrogen) atoms. The second-order valence-electron chi connectivity index (χ2n) is 5.04. The Bertz CT molecular complexity index is 654. The van der Waals surface area contributed by atoms with Gasteiger partial charge in [-0.3, -0.25) is 4.79 Å². The lowest BCUT2D eigenvalue weighted by atomic mass is 10.2. The first kappa shape index (κ1) is 15.8. The number of aromatic nitrogens is 2. The number of carbonyl (C=O) groups is 1. The normalized spacial score (nSPS) is 10.5. The first-order chi connectivity index (χ1) is 10.5. The van der Waals surface area contributed by atoms with E-state index in [-0.39, 0.29) is 23.4 Å². The lowest BCUT2D eigenvalue weighted by Gasteiger charge is -2.10. The molecular weight excluding hydrogens is 280 g/mol. The highest BCUT2D eigenvalue weighted by molar-refractivity contribution is 5.98. The van der Waals surface area contributed by atoms with Crippen molar-refractivity contribution in [1.82, 2.24) is 15.3 Å². The molecule has 2 rings (SSSR count). The molecule has 0 saturated carbocycles. The minimum absolute atomic E-state index is 0.120. The lowest BCUT2D eigenvalue weighted by Crippen LogP contribution is -2.24. The number of amides is 1. The summed E-state index contributed by atoms with van der Waals surface area (Å²) in [7, 11) is 0. The highest BCUT2D eigenvalue weighted by Gasteiger charge is 2.12. The Morgan fingerprint density at radius 3 is 2.55 bits per heavy atom. The summed E-state index contributed by atoms with van der Waals surface area (Å²) in [6, 6.07) is 7.43. The fraction of sp³-hybridized carbons (Fsp3) is 0.312. The molecule has 0 spiro atoms. The molecule has 0 bridgehead atoms. The molecule has 1 aromatic carbocycles. The molecule has 0 unspecified atom stereocenters. The molecule has 1 aromatic heterocycles. The summed E-state index contributed by atoms with van der Waals surface area (Å²) in [5, 5.41) is 2.67. The topological polar surface area (TPSA) is 90.1 Å². The van der Waals surface area contributed by atoms with Gasteiger partial charge in [0, 0.05) is 18.3 Å². The average molecular weight is 300 g/mol. The van der Waals surface area contributed by atoms with E-state index in [0.717, 1.165) is 11.3 Å². The molecule has 0 aliphatic rings. The Morgan fingerprint density at radius 1 is 1.32 bits per heavy atom. The van der Waals surface area contributed by atoms with Crippen LogP contribution in [0, 0.1) is 0 Å². The molecule has 1 amide bonds. The summed E-state index contributed by atoms with van der Waals surface area (Å²) in [6.45, 7) is 6.30. The van der Waals surface area contributed by atoms with Crippen molar-refractivity contribution in [2.24, 2.45) is 0 Å². The zero-order chi connectivity index (χ0) is 16.1. The average Bonchev–Trinajstić information content (AvgIpc) is 2.47. The summed E-state index contributed by atoms with van der Waals surface area (Å²) >= 11 is 0. The van der Waals surface area contributed by atoms with Crippen LogP contribution in [0.4, 0.5) is 5.82 Å². The molecule has 1 heterocycles.